The standard InChI is InChI=1S/C47H61F21N6O11/c1-35(2,19-29(76)36(3,4)20-30(77)37(5,6)74-33(80)27(69)18-26-21-70-24-73-26)28(75)17-25(34(81)82)9-7-8-11-71-31(78)23-85-16-15-83-14-12-72-32(79)22-84-13-10-38(48,49)39(50,51)40(52,53)41(54,55)42(56,57)43(58,59)44(60,61)45(62,63)46(64,65)47(66,67)68/h21,24-25,27H,7-20,22-23,69H2,1-6H3,(H,70,73)(H,71,78)(H,72,79)(H,74,80)(H,81,82)/t25-,27+/m1/s1. The van der Waals surface area contributed by atoms with Crippen LogP contribution in [0.3, 0.4) is 0 Å². The van der Waals surface area contributed by atoms with Crippen LogP contribution in [0.4, 0.5) is 92.2 Å². The number of amides is 3. The van der Waals surface area contributed by atoms with E-state index in [1.54, 1.807) is 0 Å². The Labute approximate surface area is 469 Å². The van der Waals surface area contributed by atoms with Crippen LogP contribution in [0.2, 0.25) is 0 Å². The minimum atomic E-state index is -9.29. The van der Waals surface area contributed by atoms with Gasteiger partial charge >= 0.3 is 65.4 Å². The van der Waals surface area contributed by atoms with Gasteiger partial charge in [0.25, 0.3) is 0 Å². The van der Waals surface area contributed by atoms with E-state index < -0.39 is 175 Å². The van der Waals surface area contributed by atoms with Crippen LogP contribution in [0.15, 0.2) is 12.5 Å². The van der Waals surface area contributed by atoms with Crippen molar-refractivity contribution in [3.05, 3.63) is 18.2 Å². The number of aliphatic carboxylic acids is 1. The Balaban J connectivity index is 2.52. The van der Waals surface area contributed by atoms with Gasteiger partial charge in [0, 0.05) is 67.9 Å². The van der Waals surface area contributed by atoms with Gasteiger partial charge in [-0.05, 0) is 26.7 Å². The number of ketones is 3. The zero-order valence-electron chi connectivity index (χ0n) is 45.6. The molecule has 1 aromatic rings. The number of carbonyl (C=O) groups excluding carboxylic acids is 6. The van der Waals surface area contributed by atoms with E-state index in [9.17, 15) is 131 Å². The molecule has 0 saturated heterocycles. The summed E-state index contributed by atoms with van der Waals surface area (Å²) in [5, 5.41) is 16.8. The fourth-order valence-corrected chi connectivity index (χ4v) is 7.08. The number of hydrogen-bond acceptors (Lipinski definition) is 12. The molecular formula is C47H61F21N6O11. The Morgan fingerprint density at radius 1 is 0.565 bits per heavy atom. The summed E-state index contributed by atoms with van der Waals surface area (Å²) in [6, 6.07) is -1.02. The van der Waals surface area contributed by atoms with Crippen molar-refractivity contribution in [2.45, 2.75) is 164 Å². The minimum Gasteiger partial charge on any atom is -0.481 e. The molecule has 0 aromatic carbocycles. The van der Waals surface area contributed by atoms with Gasteiger partial charge in [-0.2, -0.15) is 92.2 Å². The molecule has 17 nitrogen and oxygen atoms in total. The fraction of sp³-hybridized carbons (Fsp3) is 0.787. The van der Waals surface area contributed by atoms with Crippen molar-refractivity contribution >= 4 is 41.0 Å². The molecule has 1 heterocycles. The van der Waals surface area contributed by atoms with Crippen molar-refractivity contribution in [3.8, 4) is 0 Å². The van der Waals surface area contributed by atoms with Gasteiger partial charge in [-0.15, -0.1) is 0 Å². The lowest BCUT2D eigenvalue weighted by Gasteiger charge is -2.44. The Morgan fingerprint density at radius 3 is 1.47 bits per heavy atom. The average Bonchev–Trinajstić information content (AvgIpc) is 0.897. The number of nitrogens with one attached hydrogen (secondary N) is 4. The molecular weight excluding hydrogens is 1220 g/mol. The number of aromatic nitrogens is 2. The second-order valence-electron chi connectivity index (χ2n) is 21.1. The van der Waals surface area contributed by atoms with Crippen LogP contribution >= 0.6 is 0 Å². The molecule has 0 aliphatic carbocycles. The minimum absolute atomic E-state index is 0.00770. The number of Topliss-reactive ketones (excluding diaryl/α,β-unsaturated/α-hetero) is 3. The van der Waals surface area contributed by atoms with Gasteiger partial charge < -0.3 is 46.0 Å². The first kappa shape index (κ1) is 77.5. The third-order valence-corrected chi connectivity index (χ3v) is 12.8. The van der Waals surface area contributed by atoms with Crippen molar-refractivity contribution < 1.29 is 145 Å². The highest BCUT2D eigenvalue weighted by atomic mass is 19.4. The van der Waals surface area contributed by atoms with Gasteiger partial charge in [-0.25, -0.2) is 4.98 Å². The highest BCUT2D eigenvalue weighted by Gasteiger charge is 2.97. The summed E-state index contributed by atoms with van der Waals surface area (Å²) in [5.74, 6) is -84.7. The lowest BCUT2D eigenvalue weighted by Crippen LogP contribution is -2.76. The lowest BCUT2D eigenvalue weighted by molar-refractivity contribution is -0.474. The van der Waals surface area contributed by atoms with Gasteiger partial charge in [-0.1, -0.05) is 34.1 Å². The molecule has 0 bridgehead atoms. The van der Waals surface area contributed by atoms with Crippen LogP contribution in [0, 0.1) is 16.7 Å². The molecule has 0 saturated carbocycles. The first-order chi connectivity index (χ1) is 38.1. The molecule has 3 amide bonds. The van der Waals surface area contributed by atoms with E-state index in [2.05, 4.69) is 25.3 Å². The highest BCUT2D eigenvalue weighted by molar-refractivity contribution is 5.99. The number of carboxylic acid groups (broad SMARTS) is 1. The third-order valence-electron chi connectivity index (χ3n) is 12.8. The number of nitrogens with zero attached hydrogens (tertiary/aromatic N) is 1. The first-order valence-electron chi connectivity index (χ1n) is 24.7. The zero-order chi connectivity index (χ0) is 66.7. The molecule has 0 radical (unpaired) electrons. The summed E-state index contributed by atoms with van der Waals surface area (Å²) in [7, 11) is 0. The maximum Gasteiger partial charge on any atom is 0.460 e. The number of unbranched alkanes of at least 4 members (excludes halogenated alkanes) is 1. The summed E-state index contributed by atoms with van der Waals surface area (Å²) >= 11 is 0. The van der Waals surface area contributed by atoms with Gasteiger partial charge in [0.1, 0.15) is 24.8 Å². The number of aromatic amines is 1. The van der Waals surface area contributed by atoms with E-state index >= 15 is 0 Å². The molecule has 1 aromatic heterocycles. The molecule has 38 heteroatoms. The predicted molar refractivity (Wildman–Crippen MR) is 248 cm³/mol. The van der Waals surface area contributed by atoms with E-state index in [1.165, 1.54) is 54.1 Å². The number of H-pyrrole nitrogens is 1. The molecule has 1 rings (SSSR count). The van der Waals surface area contributed by atoms with E-state index in [0.717, 1.165) is 0 Å². The summed E-state index contributed by atoms with van der Waals surface area (Å²) in [6.07, 6.45) is -8.80. The lowest BCUT2D eigenvalue weighted by atomic mass is 9.71. The molecule has 0 fully saturated rings. The molecule has 492 valence electrons. The number of carbonyl (C=O) groups is 7. The number of halogens is 21. The number of rotatable bonds is 40. The van der Waals surface area contributed by atoms with Gasteiger partial charge in [-0.3, -0.25) is 33.6 Å². The molecule has 7 N–H and O–H groups in total. The Morgan fingerprint density at radius 2 is 1.00 bits per heavy atom. The number of carboxylic acids is 1. The smallest absolute Gasteiger partial charge is 0.460 e. The Kier molecular flexibility index (Phi) is 26.0. The van der Waals surface area contributed by atoms with Gasteiger partial charge in [0.2, 0.25) is 17.7 Å². The topological polar surface area (TPSA) is 258 Å². The Hall–Kier alpha value is -5.53. The number of alkyl halides is 21. The maximum atomic E-state index is 14.1. The third kappa shape index (κ3) is 18.3. The van der Waals surface area contributed by atoms with Crippen molar-refractivity contribution in [2.24, 2.45) is 22.5 Å². The van der Waals surface area contributed by atoms with Crippen LogP contribution in [0.1, 0.15) is 92.2 Å². The highest BCUT2D eigenvalue weighted by Crippen LogP contribution is 2.66. The molecule has 0 spiro atoms. The number of hydrogen-bond donors (Lipinski definition) is 6. The van der Waals surface area contributed by atoms with E-state index in [1.807, 2.05) is 5.32 Å². The van der Waals surface area contributed by atoms with E-state index in [4.69, 9.17) is 15.2 Å². The van der Waals surface area contributed by atoms with Crippen LogP contribution in [-0.2, 0) is 54.2 Å². The van der Waals surface area contributed by atoms with Gasteiger partial charge in [0.05, 0.1) is 50.3 Å². The average molecular weight is 1280 g/mol. The van der Waals surface area contributed by atoms with E-state index in [-0.39, 0.29) is 58.3 Å². The summed E-state index contributed by atoms with van der Waals surface area (Å²) < 4.78 is 299. The second-order valence-corrected chi connectivity index (χ2v) is 21.1. The van der Waals surface area contributed by atoms with Crippen molar-refractivity contribution in [1.29, 1.82) is 0 Å². The fourth-order valence-electron chi connectivity index (χ4n) is 7.08. The second kappa shape index (κ2) is 28.5. The predicted octanol–water partition coefficient (Wildman–Crippen LogP) is 7.93. The number of nitrogens with two attached hydrogens (primary N) is 1. The first-order valence-corrected chi connectivity index (χ1v) is 24.7. The summed E-state index contributed by atoms with van der Waals surface area (Å²) in [6.45, 7) is 3.28. The molecule has 85 heavy (non-hydrogen) atoms. The maximum absolute atomic E-state index is 14.1. The zero-order valence-corrected chi connectivity index (χ0v) is 45.6. The quantitative estimate of drug-likeness (QED) is 0.0270. The van der Waals surface area contributed by atoms with Crippen molar-refractivity contribution in [3.63, 3.8) is 0 Å². The van der Waals surface area contributed by atoms with Crippen molar-refractivity contribution in [2.75, 3.05) is 52.7 Å². The molecule has 0 aliphatic rings. The van der Waals surface area contributed by atoms with Crippen LogP contribution in [0.5, 0.6) is 0 Å². The summed E-state index contributed by atoms with van der Waals surface area (Å²) in [4.78, 5) is 95.6. The van der Waals surface area contributed by atoms with Crippen molar-refractivity contribution in [1.82, 2.24) is 25.9 Å². The molecule has 0 aliphatic heterocycles. The molecule has 0 unspecified atom stereocenters. The van der Waals surface area contributed by atoms with E-state index in [0.29, 0.717) is 5.69 Å². The van der Waals surface area contributed by atoms with Crippen LogP contribution < -0.4 is 21.7 Å². The normalized spacial score (nSPS) is 14.8. The molecule has 2 atom stereocenters. The van der Waals surface area contributed by atoms with Crippen LogP contribution in [0.25, 0.3) is 0 Å². The Bertz CT molecular complexity index is 2440. The number of imidazole rings is 1. The van der Waals surface area contributed by atoms with Gasteiger partial charge in [0.15, 0.2) is 5.78 Å². The monoisotopic (exact) mass is 1280 g/mol. The summed E-state index contributed by atoms with van der Waals surface area (Å²) in [5.41, 5.74) is 2.47. The number of ether oxygens (including phenoxy) is 3. The SMILES string of the molecule is CC(C)(CC(=O)C(C)(C)CC(=O)C(C)(C)NC(=O)[C@@H](N)Cc1cnc[nH]1)C(=O)C[C@@H](CCCCNC(=O)COCCOCCNC(=O)COCCC(F)(F)C(F)(F)C(F)(F)C(F)(F)C(F)(F)C(F)(F)C(F)(F)C(F)(F)C(F)(F)C(F)(F)F)C(=O)O. The largest absolute Gasteiger partial charge is 0.481 e. The van der Waals surface area contributed by atoms with Crippen LogP contribution in [-0.4, -0.2) is 180 Å².